The SMILES string of the molecule is C=C(CNC(C)(C)C)CN1CCCc2ccccc21. The zero-order valence-corrected chi connectivity index (χ0v) is 12.5. The van der Waals surface area contributed by atoms with E-state index in [9.17, 15) is 0 Å². The number of nitrogens with one attached hydrogen (secondary N) is 1. The Kier molecular flexibility index (Phi) is 4.31. The second-order valence-electron chi connectivity index (χ2n) is 6.51. The third kappa shape index (κ3) is 4.10. The van der Waals surface area contributed by atoms with Gasteiger partial charge in [0.05, 0.1) is 0 Å². The largest absolute Gasteiger partial charge is 0.367 e. The lowest BCUT2D eigenvalue weighted by Crippen LogP contribution is -2.39. The van der Waals surface area contributed by atoms with Crippen LogP contribution in [0.5, 0.6) is 0 Å². The van der Waals surface area contributed by atoms with Crippen molar-refractivity contribution in [1.82, 2.24) is 5.32 Å². The highest BCUT2D eigenvalue weighted by Gasteiger charge is 2.17. The predicted octanol–water partition coefficient (Wildman–Crippen LogP) is 3.38. The van der Waals surface area contributed by atoms with E-state index in [0.29, 0.717) is 0 Å². The molecular formula is C17H26N2. The van der Waals surface area contributed by atoms with E-state index in [-0.39, 0.29) is 5.54 Å². The van der Waals surface area contributed by atoms with Crippen LogP contribution < -0.4 is 10.2 Å². The van der Waals surface area contributed by atoms with Crippen LogP contribution in [0.15, 0.2) is 36.4 Å². The van der Waals surface area contributed by atoms with Crippen molar-refractivity contribution in [2.75, 3.05) is 24.5 Å². The molecular weight excluding hydrogens is 232 g/mol. The molecule has 0 unspecified atom stereocenters. The lowest BCUT2D eigenvalue weighted by molar-refractivity contribution is 0.443. The van der Waals surface area contributed by atoms with Crippen LogP contribution in [0.3, 0.4) is 0 Å². The molecule has 0 fully saturated rings. The summed E-state index contributed by atoms with van der Waals surface area (Å²) in [6.07, 6.45) is 2.45. The Morgan fingerprint density at radius 3 is 2.79 bits per heavy atom. The number of fused-ring (bicyclic) bond motifs is 1. The van der Waals surface area contributed by atoms with Crippen molar-refractivity contribution < 1.29 is 0 Å². The fourth-order valence-corrected chi connectivity index (χ4v) is 2.49. The van der Waals surface area contributed by atoms with E-state index in [2.05, 4.69) is 61.8 Å². The van der Waals surface area contributed by atoms with E-state index >= 15 is 0 Å². The monoisotopic (exact) mass is 258 g/mol. The number of hydrogen-bond acceptors (Lipinski definition) is 2. The van der Waals surface area contributed by atoms with Crippen molar-refractivity contribution in [3.63, 3.8) is 0 Å². The van der Waals surface area contributed by atoms with E-state index in [1.165, 1.54) is 29.7 Å². The van der Waals surface area contributed by atoms with Crippen LogP contribution in [0.25, 0.3) is 0 Å². The summed E-state index contributed by atoms with van der Waals surface area (Å²) in [4.78, 5) is 2.46. The maximum atomic E-state index is 4.22. The second kappa shape index (κ2) is 5.79. The van der Waals surface area contributed by atoms with Gasteiger partial charge in [0, 0.05) is 30.9 Å². The first-order valence-corrected chi connectivity index (χ1v) is 7.20. The van der Waals surface area contributed by atoms with Gasteiger partial charge >= 0.3 is 0 Å². The summed E-state index contributed by atoms with van der Waals surface area (Å²) < 4.78 is 0. The Morgan fingerprint density at radius 2 is 2.05 bits per heavy atom. The van der Waals surface area contributed by atoms with Gasteiger partial charge in [-0.3, -0.25) is 0 Å². The Balaban J connectivity index is 1.95. The molecule has 1 aliphatic heterocycles. The summed E-state index contributed by atoms with van der Waals surface area (Å²) in [5.41, 5.74) is 4.28. The minimum absolute atomic E-state index is 0.156. The van der Waals surface area contributed by atoms with E-state index in [0.717, 1.165) is 19.6 Å². The second-order valence-corrected chi connectivity index (χ2v) is 6.51. The van der Waals surface area contributed by atoms with Crippen LogP contribution >= 0.6 is 0 Å². The number of anilines is 1. The molecule has 1 N–H and O–H groups in total. The first-order chi connectivity index (χ1) is 8.96. The van der Waals surface area contributed by atoms with Crippen molar-refractivity contribution in [3.05, 3.63) is 42.0 Å². The van der Waals surface area contributed by atoms with E-state index in [1.807, 2.05) is 0 Å². The third-order valence-corrected chi connectivity index (χ3v) is 3.49. The lowest BCUT2D eigenvalue weighted by atomic mass is 10.0. The van der Waals surface area contributed by atoms with Gasteiger partial charge in [-0.15, -0.1) is 0 Å². The fraction of sp³-hybridized carbons (Fsp3) is 0.529. The summed E-state index contributed by atoms with van der Waals surface area (Å²) in [7, 11) is 0. The molecule has 0 saturated heterocycles. The number of rotatable bonds is 4. The van der Waals surface area contributed by atoms with Gasteiger partial charge in [-0.05, 0) is 50.8 Å². The maximum absolute atomic E-state index is 4.22. The highest BCUT2D eigenvalue weighted by Crippen LogP contribution is 2.26. The van der Waals surface area contributed by atoms with Gasteiger partial charge in [0.1, 0.15) is 0 Å². The molecule has 1 aromatic carbocycles. The molecule has 0 aromatic heterocycles. The van der Waals surface area contributed by atoms with Gasteiger partial charge < -0.3 is 10.2 Å². The summed E-state index contributed by atoms with van der Waals surface area (Å²) in [6.45, 7) is 13.8. The van der Waals surface area contributed by atoms with Gasteiger partial charge in [-0.1, -0.05) is 24.8 Å². The number of hydrogen-bond donors (Lipinski definition) is 1. The lowest BCUT2D eigenvalue weighted by Gasteiger charge is -2.32. The standard InChI is InChI=1S/C17H26N2/c1-14(12-18-17(2,3)4)13-19-11-7-9-15-8-5-6-10-16(15)19/h5-6,8,10,18H,1,7,9,11-13H2,2-4H3. The first kappa shape index (κ1) is 14.1. The average molecular weight is 258 g/mol. The van der Waals surface area contributed by atoms with Gasteiger partial charge in [0.25, 0.3) is 0 Å². The number of benzene rings is 1. The summed E-state index contributed by atoms with van der Waals surface area (Å²) in [6, 6.07) is 8.75. The number of nitrogens with zero attached hydrogens (tertiary/aromatic N) is 1. The molecule has 19 heavy (non-hydrogen) atoms. The minimum atomic E-state index is 0.156. The third-order valence-electron chi connectivity index (χ3n) is 3.49. The van der Waals surface area contributed by atoms with Crippen LogP contribution in [0.4, 0.5) is 5.69 Å². The van der Waals surface area contributed by atoms with Crippen molar-refractivity contribution in [3.8, 4) is 0 Å². The highest BCUT2D eigenvalue weighted by atomic mass is 15.1. The van der Waals surface area contributed by atoms with E-state index in [4.69, 9.17) is 0 Å². The van der Waals surface area contributed by atoms with Gasteiger partial charge in [0.2, 0.25) is 0 Å². The molecule has 0 aliphatic carbocycles. The molecule has 1 aromatic rings. The summed E-state index contributed by atoms with van der Waals surface area (Å²) in [5.74, 6) is 0. The van der Waals surface area contributed by atoms with Crippen molar-refractivity contribution in [1.29, 1.82) is 0 Å². The molecule has 0 atom stereocenters. The van der Waals surface area contributed by atoms with Crippen LogP contribution in [0, 0.1) is 0 Å². The number of para-hydroxylation sites is 1. The Labute approximate surface area is 117 Å². The summed E-state index contributed by atoms with van der Waals surface area (Å²) >= 11 is 0. The molecule has 2 rings (SSSR count). The predicted molar refractivity (Wildman–Crippen MR) is 83.9 cm³/mol. The Hall–Kier alpha value is -1.28. The van der Waals surface area contributed by atoms with Gasteiger partial charge in [-0.25, -0.2) is 0 Å². The molecule has 2 heteroatoms. The topological polar surface area (TPSA) is 15.3 Å². The highest BCUT2D eigenvalue weighted by molar-refractivity contribution is 5.56. The molecule has 104 valence electrons. The quantitative estimate of drug-likeness (QED) is 0.833. The van der Waals surface area contributed by atoms with Crippen LogP contribution in [-0.2, 0) is 6.42 Å². The maximum Gasteiger partial charge on any atom is 0.0401 e. The molecule has 0 spiro atoms. The molecule has 2 nitrogen and oxygen atoms in total. The van der Waals surface area contributed by atoms with E-state index < -0.39 is 0 Å². The van der Waals surface area contributed by atoms with Crippen molar-refractivity contribution >= 4 is 5.69 Å². The van der Waals surface area contributed by atoms with Gasteiger partial charge in [-0.2, -0.15) is 0 Å². The molecule has 1 aliphatic rings. The van der Waals surface area contributed by atoms with Crippen molar-refractivity contribution in [2.24, 2.45) is 0 Å². The van der Waals surface area contributed by atoms with Crippen molar-refractivity contribution in [2.45, 2.75) is 39.2 Å². The molecule has 0 bridgehead atoms. The zero-order valence-electron chi connectivity index (χ0n) is 12.5. The Bertz CT molecular complexity index is 443. The van der Waals surface area contributed by atoms with Gasteiger partial charge in [0.15, 0.2) is 0 Å². The van der Waals surface area contributed by atoms with Crippen LogP contribution in [-0.4, -0.2) is 25.2 Å². The smallest absolute Gasteiger partial charge is 0.0401 e. The molecule has 0 radical (unpaired) electrons. The summed E-state index contributed by atoms with van der Waals surface area (Å²) in [5, 5.41) is 3.51. The average Bonchev–Trinajstić information content (AvgIpc) is 2.36. The minimum Gasteiger partial charge on any atom is -0.367 e. The first-order valence-electron chi connectivity index (χ1n) is 7.20. The molecule has 0 saturated carbocycles. The fourth-order valence-electron chi connectivity index (χ4n) is 2.49. The van der Waals surface area contributed by atoms with Crippen LogP contribution in [0.2, 0.25) is 0 Å². The molecule has 1 heterocycles. The Morgan fingerprint density at radius 1 is 1.32 bits per heavy atom. The van der Waals surface area contributed by atoms with Crippen LogP contribution in [0.1, 0.15) is 32.8 Å². The molecule has 0 amide bonds. The normalized spacial score (nSPS) is 15.2. The zero-order chi connectivity index (χ0) is 13.9. The van der Waals surface area contributed by atoms with E-state index in [1.54, 1.807) is 0 Å². The number of aryl methyl sites for hydroxylation is 1.